The maximum Gasteiger partial charge on any atom is 0.171 e. The van der Waals surface area contributed by atoms with Crippen molar-refractivity contribution in [2.45, 2.75) is 65.7 Å². The molecule has 1 unspecified atom stereocenters. The first kappa shape index (κ1) is 13.9. The number of Topliss-reactive ketones (excluding diaryl/α,β-unsaturated/α-hetero) is 1. The average molecular weight is 242 g/mol. The van der Waals surface area contributed by atoms with E-state index in [9.17, 15) is 4.79 Å². The molecule has 1 fully saturated rings. The Bertz CT molecular complexity index is 233. The van der Waals surface area contributed by atoms with Gasteiger partial charge in [-0.2, -0.15) is 0 Å². The SMILES string of the molecule is C[SiH](C)OC(C1CCC(=O)CC1)C(C)(C)C. The molecule has 0 aromatic heterocycles. The van der Waals surface area contributed by atoms with Gasteiger partial charge in [0, 0.05) is 12.8 Å². The molecule has 1 aliphatic carbocycles. The van der Waals surface area contributed by atoms with E-state index in [1.165, 1.54) is 0 Å². The summed E-state index contributed by atoms with van der Waals surface area (Å²) in [4.78, 5) is 11.3. The van der Waals surface area contributed by atoms with Crippen molar-refractivity contribution in [3.05, 3.63) is 0 Å². The first-order chi connectivity index (χ1) is 7.30. The van der Waals surface area contributed by atoms with Gasteiger partial charge in [0.2, 0.25) is 0 Å². The van der Waals surface area contributed by atoms with Crippen LogP contribution < -0.4 is 0 Å². The van der Waals surface area contributed by atoms with Crippen LogP contribution in [0.15, 0.2) is 0 Å². The van der Waals surface area contributed by atoms with Gasteiger partial charge < -0.3 is 4.43 Å². The van der Waals surface area contributed by atoms with Gasteiger partial charge in [0.25, 0.3) is 0 Å². The van der Waals surface area contributed by atoms with Crippen LogP contribution in [0.25, 0.3) is 0 Å². The molecule has 0 bridgehead atoms. The highest BCUT2D eigenvalue weighted by molar-refractivity contribution is 6.48. The third-order valence-corrected chi connectivity index (χ3v) is 4.13. The van der Waals surface area contributed by atoms with Gasteiger partial charge in [-0.3, -0.25) is 4.79 Å². The third-order valence-electron chi connectivity index (χ3n) is 3.29. The quantitative estimate of drug-likeness (QED) is 0.711. The van der Waals surface area contributed by atoms with Crippen LogP contribution in [-0.4, -0.2) is 20.9 Å². The molecule has 0 N–H and O–H groups in total. The van der Waals surface area contributed by atoms with Gasteiger partial charge in [0.15, 0.2) is 9.04 Å². The zero-order valence-electron chi connectivity index (χ0n) is 11.4. The Kier molecular flexibility index (Phi) is 4.74. The van der Waals surface area contributed by atoms with Crippen LogP contribution in [-0.2, 0) is 9.22 Å². The van der Waals surface area contributed by atoms with Gasteiger partial charge in [-0.05, 0) is 37.3 Å². The highest BCUT2D eigenvalue weighted by Gasteiger charge is 2.35. The Morgan fingerprint density at radius 1 is 1.25 bits per heavy atom. The molecule has 0 heterocycles. The second-order valence-corrected chi connectivity index (χ2v) is 8.72. The van der Waals surface area contributed by atoms with E-state index < -0.39 is 9.04 Å². The number of ketones is 1. The molecule has 16 heavy (non-hydrogen) atoms. The summed E-state index contributed by atoms with van der Waals surface area (Å²) in [5, 5.41) is 0. The summed E-state index contributed by atoms with van der Waals surface area (Å²) in [5.74, 6) is 1.03. The molecule has 1 saturated carbocycles. The molecule has 0 aromatic rings. The Hall–Kier alpha value is -0.153. The molecule has 1 rings (SSSR count). The highest BCUT2D eigenvalue weighted by atomic mass is 28.3. The minimum absolute atomic E-state index is 0.197. The molecule has 0 radical (unpaired) electrons. The number of hydrogen-bond acceptors (Lipinski definition) is 2. The standard InChI is InChI=1S/C13H26O2Si/c1-13(2,3)12(15-16(4)5)10-6-8-11(14)9-7-10/h10,12,16H,6-9H2,1-5H3. The lowest BCUT2D eigenvalue weighted by Gasteiger charge is -2.40. The molecule has 0 aromatic carbocycles. The fourth-order valence-electron chi connectivity index (χ4n) is 2.58. The summed E-state index contributed by atoms with van der Waals surface area (Å²) in [5.41, 5.74) is 0.197. The van der Waals surface area contributed by atoms with Gasteiger partial charge in [-0.15, -0.1) is 0 Å². The van der Waals surface area contributed by atoms with Gasteiger partial charge in [0.1, 0.15) is 5.78 Å². The number of carbonyl (C=O) groups is 1. The Balaban J connectivity index is 2.65. The Morgan fingerprint density at radius 2 is 1.75 bits per heavy atom. The predicted molar refractivity (Wildman–Crippen MR) is 70.2 cm³/mol. The van der Waals surface area contributed by atoms with Gasteiger partial charge in [0.05, 0.1) is 6.10 Å². The van der Waals surface area contributed by atoms with Crippen LogP contribution >= 0.6 is 0 Å². The lowest BCUT2D eigenvalue weighted by molar-refractivity contribution is -0.122. The summed E-state index contributed by atoms with van der Waals surface area (Å²) in [6.45, 7) is 11.2. The van der Waals surface area contributed by atoms with Gasteiger partial charge in [-0.25, -0.2) is 0 Å². The summed E-state index contributed by atoms with van der Waals surface area (Å²) >= 11 is 0. The molecule has 0 saturated heterocycles. The monoisotopic (exact) mass is 242 g/mol. The second-order valence-electron chi connectivity index (χ2n) is 6.35. The molecule has 2 nitrogen and oxygen atoms in total. The summed E-state index contributed by atoms with van der Waals surface area (Å²) in [7, 11) is -1.000. The Morgan fingerprint density at radius 3 is 2.12 bits per heavy atom. The van der Waals surface area contributed by atoms with E-state index in [1.807, 2.05) is 0 Å². The average Bonchev–Trinajstić information content (AvgIpc) is 2.14. The van der Waals surface area contributed by atoms with Crippen molar-refractivity contribution in [1.82, 2.24) is 0 Å². The van der Waals surface area contributed by atoms with Crippen molar-refractivity contribution < 1.29 is 9.22 Å². The number of hydrogen-bond donors (Lipinski definition) is 0. The first-order valence-corrected chi connectivity index (χ1v) is 9.26. The highest BCUT2D eigenvalue weighted by Crippen LogP contribution is 2.36. The van der Waals surface area contributed by atoms with Crippen molar-refractivity contribution in [3.63, 3.8) is 0 Å². The van der Waals surface area contributed by atoms with Crippen molar-refractivity contribution in [1.29, 1.82) is 0 Å². The van der Waals surface area contributed by atoms with Crippen LogP contribution in [0.4, 0.5) is 0 Å². The Labute approximate surface area is 101 Å². The van der Waals surface area contributed by atoms with E-state index in [1.54, 1.807) is 0 Å². The van der Waals surface area contributed by atoms with E-state index in [2.05, 4.69) is 33.9 Å². The summed E-state index contributed by atoms with van der Waals surface area (Å²) in [6.07, 6.45) is 3.93. The zero-order valence-corrected chi connectivity index (χ0v) is 12.5. The molecule has 0 spiro atoms. The minimum atomic E-state index is -1.000. The first-order valence-electron chi connectivity index (χ1n) is 6.48. The van der Waals surface area contributed by atoms with Crippen LogP contribution in [0.5, 0.6) is 0 Å². The lowest BCUT2D eigenvalue weighted by Crippen LogP contribution is -2.41. The third kappa shape index (κ3) is 4.02. The van der Waals surface area contributed by atoms with E-state index in [-0.39, 0.29) is 5.41 Å². The number of rotatable bonds is 3. The van der Waals surface area contributed by atoms with E-state index in [4.69, 9.17) is 4.43 Å². The number of carbonyl (C=O) groups excluding carboxylic acids is 1. The molecule has 3 heteroatoms. The molecule has 0 aliphatic heterocycles. The molecular weight excluding hydrogens is 216 g/mol. The van der Waals surface area contributed by atoms with Crippen LogP contribution in [0, 0.1) is 11.3 Å². The minimum Gasteiger partial charge on any atom is -0.417 e. The fraction of sp³-hybridized carbons (Fsp3) is 0.923. The van der Waals surface area contributed by atoms with Gasteiger partial charge in [-0.1, -0.05) is 20.8 Å². The topological polar surface area (TPSA) is 26.3 Å². The second kappa shape index (κ2) is 5.45. The van der Waals surface area contributed by atoms with Gasteiger partial charge >= 0.3 is 0 Å². The smallest absolute Gasteiger partial charge is 0.171 e. The molecule has 0 amide bonds. The van der Waals surface area contributed by atoms with E-state index in [0.29, 0.717) is 17.8 Å². The molecular formula is C13H26O2Si. The summed E-state index contributed by atoms with van der Waals surface area (Å²) in [6, 6.07) is 0. The van der Waals surface area contributed by atoms with E-state index in [0.717, 1.165) is 25.7 Å². The van der Waals surface area contributed by atoms with Crippen LogP contribution in [0.2, 0.25) is 13.1 Å². The normalized spacial score (nSPS) is 21.5. The summed E-state index contributed by atoms with van der Waals surface area (Å²) < 4.78 is 6.22. The van der Waals surface area contributed by atoms with E-state index >= 15 is 0 Å². The van der Waals surface area contributed by atoms with Crippen LogP contribution in [0.3, 0.4) is 0 Å². The molecule has 1 aliphatic rings. The maximum absolute atomic E-state index is 11.3. The lowest BCUT2D eigenvalue weighted by atomic mass is 9.75. The molecule has 1 atom stereocenters. The zero-order chi connectivity index (χ0) is 12.3. The van der Waals surface area contributed by atoms with Crippen molar-refractivity contribution in [2.24, 2.45) is 11.3 Å². The van der Waals surface area contributed by atoms with Crippen molar-refractivity contribution in [2.75, 3.05) is 0 Å². The van der Waals surface area contributed by atoms with Crippen molar-refractivity contribution in [3.8, 4) is 0 Å². The maximum atomic E-state index is 11.3. The van der Waals surface area contributed by atoms with Crippen LogP contribution in [0.1, 0.15) is 46.5 Å². The molecule has 94 valence electrons. The largest absolute Gasteiger partial charge is 0.417 e. The van der Waals surface area contributed by atoms with Crippen molar-refractivity contribution >= 4 is 14.8 Å². The predicted octanol–water partition coefficient (Wildman–Crippen LogP) is 3.16. The fourth-order valence-corrected chi connectivity index (χ4v) is 3.80.